The molecule has 0 bridgehead atoms. The summed E-state index contributed by atoms with van der Waals surface area (Å²) in [6, 6.07) is 8.35. The van der Waals surface area contributed by atoms with Crippen LogP contribution >= 0.6 is 0 Å². The quantitative estimate of drug-likeness (QED) is 0.838. The Morgan fingerprint density at radius 1 is 0.750 bits per heavy atom. The summed E-state index contributed by atoms with van der Waals surface area (Å²) in [5, 5.41) is 17.1. The molecule has 1 aliphatic carbocycles. The van der Waals surface area contributed by atoms with E-state index in [0.29, 0.717) is 11.8 Å². The Balaban J connectivity index is 1.76. The predicted octanol–water partition coefficient (Wildman–Crippen LogP) is 3.32. The zero-order chi connectivity index (χ0) is 13.9. The SMILES string of the molecule is Cc1ccc(C2CCCC(c3ccc(C)nn3)C2)nn1. The van der Waals surface area contributed by atoms with Gasteiger partial charge in [-0.1, -0.05) is 6.42 Å². The van der Waals surface area contributed by atoms with E-state index in [1.165, 1.54) is 19.3 Å². The third kappa shape index (κ3) is 2.84. The Hall–Kier alpha value is -1.84. The van der Waals surface area contributed by atoms with Gasteiger partial charge in [0.25, 0.3) is 0 Å². The van der Waals surface area contributed by atoms with Gasteiger partial charge in [0.1, 0.15) is 0 Å². The van der Waals surface area contributed by atoms with Crippen LogP contribution in [-0.2, 0) is 0 Å². The number of hydrogen-bond acceptors (Lipinski definition) is 4. The molecular formula is C16H20N4. The minimum atomic E-state index is 0.505. The normalized spacial score (nSPS) is 22.7. The van der Waals surface area contributed by atoms with Crippen LogP contribution in [0.25, 0.3) is 0 Å². The van der Waals surface area contributed by atoms with Gasteiger partial charge in [0.2, 0.25) is 0 Å². The number of nitrogens with zero attached hydrogens (tertiary/aromatic N) is 4. The van der Waals surface area contributed by atoms with Crippen molar-refractivity contribution in [3.8, 4) is 0 Å². The molecule has 2 heterocycles. The molecule has 0 N–H and O–H groups in total. The van der Waals surface area contributed by atoms with Gasteiger partial charge in [0, 0.05) is 11.8 Å². The predicted molar refractivity (Wildman–Crippen MR) is 77.5 cm³/mol. The van der Waals surface area contributed by atoms with Gasteiger partial charge in [-0.25, -0.2) is 0 Å². The van der Waals surface area contributed by atoms with Crippen molar-refractivity contribution in [3.63, 3.8) is 0 Å². The fourth-order valence-corrected chi connectivity index (χ4v) is 2.98. The van der Waals surface area contributed by atoms with Crippen molar-refractivity contribution in [1.29, 1.82) is 0 Å². The van der Waals surface area contributed by atoms with Gasteiger partial charge in [-0.15, -0.1) is 0 Å². The van der Waals surface area contributed by atoms with E-state index in [9.17, 15) is 0 Å². The van der Waals surface area contributed by atoms with E-state index in [2.05, 4.69) is 44.7 Å². The summed E-state index contributed by atoms with van der Waals surface area (Å²) in [6.45, 7) is 3.95. The molecule has 0 radical (unpaired) electrons. The maximum atomic E-state index is 4.36. The van der Waals surface area contributed by atoms with E-state index >= 15 is 0 Å². The maximum Gasteiger partial charge on any atom is 0.0662 e. The molecule has 3 rings (SSSR count). The average Bonchev–Trinajstić information content (AvgIpc) is 2.49. The van der Waals surface area contributed by atoms with Gasteiger partial charge in [-0.3, -0.25) is 0 Å². The lowest BCUT2D eigenvalue weighted by Crippen LogP contribution is -2.15. The van der Waals surface area contributed by atoms with Crippen LogP contribution in [0.3, 0.4) is 0 Å². The zero-order valence-corrected chi connectivity index (χ0v) is 12.1. The fraction of sp³-hybridized carbons (Fsp3) is 0.500. The largest absolute Gasteiger partial charge is 0.156 e. The Labute approximate surface area is 119 Å². The van der Waals surface area contributed by atoms with Gasteiger partial charge < -0.3 is 0 Å². The maximum absolute atomic E-state index is 4.36. The van der Waals surface area contributed by atoms with Crippen LogP contribution in [0, 0.1) is 13.8 Å². The third-order valence-electron chi connectivity index (χ3n) is 4.15. The molecule has 4 nitrogen and oxygen atoms in total. The Morgan fingerprint density at radius 2 is 1.25 bits per heavy atom. The van der Waals surface area contributed by atoms with E-state index < -0.39 is 0 Å². The van der Waals surface area contributed by atoms with Gasteiger partial charge in [0.05, 0.1) is 22.8 Å². The van der Waals surface area contributed by atoms with Gasteiger partial charge >= 0.3 is 0 Å². The van der Waals surface area contributed by atoms with Crippen molar-refractivity contribution in [2.24, 2.45) is 0 Å². The summed E-state index contributed by atoms with van der Waals surface area (Å²) in [5.41, 5.74) is 4.21. The minimum Gasteiger partial charge on any atom is -0.156 e. The molecule has 2 aromatic rings. The van der Waals surface area contributed by atoms with Crippen LogP contribution in [0.4, 0.5) is 0 Å². The second kappa shape index (κ2) is 5.65. The van der Waals surface area contributed by atoms with Crippen LogP contribution in [0.1, 0.15) is 60.3 Å². The molecule has 4 heteroatoms. The summed E-state index contributed by atoms with van der Waals surface area (Å²) in [7, 11) is 0. The van der Waals surface area contributed by atoms with E-state index in [1.54, 1.807) is 0 Å². The first-order valence-electron chi connectivity index (χ1n) is 7.33. The summed E-state index contributed by atoms with van der Waals surface area (Å²) in [6.07, 6.45) is 4.73. The lowest BCUT2D eigenvalue weighted by molar-refractivity contribution is 0.379. The second-order valence-corrected chi connectivity index (χ2v) is 5.76. The van der Waals surface area contributed by atoms with Gasteiger partial charge in [0.15, 0.2) is 0 Å². The number of rotatable bonds is 2. The van der Waals surface area contributed by atoms with Crippen LogP contribution in [0.5, 0.6) is 0 Å². The summed E-state index contributed by atoms with van der Waals surface area (Å²) >= 11 is 0. The highest BCUT2D eigenvalue weighted by Gasteiger charge is 2.26. The molecule has 2 atom stereocenters. The molecule has 0 aromatic carbocycles. The van der Waals surface area contributed by atoms with E-state index in [-0.39, 0.29) is 0 Å². The first-order chi connectivity index (χ1) is 9.72. The van der Waals surface area contributed by atoms with E-state index in [1.807, 2.05) is 13.8 Å². The molecule has 1 fully saturated rings. The van der Waals surface area contributed by atoms with Gasteiger partial charge in [-0.05, 0) is 57.4 Å². The molecule has 20 heavy (non-hydrogen) atoms. The van der Waals surface area contributed by atoms with Crippen molar-refractivity contribution < 1.29 is 0 Å². The first-order valence-corrected chi connectivity index (χ1v) is 7.33. The van der Waals surface area contributed by atoms with Crippen molar-refractivity contribution in [2.45, 2.75) is 51.4 Å². The lowest BCUT2D eigenvalue weighted by atomic mass is 9.78. The Morgan fingerprint density at radius 3 is 1.65 bits per heavy atom. The second-order valence-electron chi connectivity index (χ2n) is 5.76. The number of aryl methyl sites for hydroxylation is 2. The van der Waals surface area contributed by atoms with Crippen molar-refractivity contribution in [1.82, 2.24) is 20.4 Å². The molecule has 104 valence electrons. The minimum absolute atomic E-state index is 0.505. The zero-order valence-electron chi connectivity index (χ0n) is 12.1. The highest BCUT2D eigenvalue weighted by Crippen LogP contribution is 2.39. The standard InChI is InChI=1S/C16H20N4/c1-11-6-8-15(19-17-11)13-4-3-5-14(10-13)16-9-7-12(2)18-20-16/h6-9,13-14H,3-5,10H2,1-2H3. The molecule has 1 saturated carbocycles. The summed E-state index contributed by atoms with van der Waals surface area (Å²) in [4.78, 5) is 0. The van der Waals surface area contributed by atoms with Crippen molar-refractivity contribution >= 4 is 0 Å². The molecule has 1 aliphatic rings. The van der Waals surface area contributed by atoms with E-state index in [0.717, 1.165) is 29.2 Å². The molecule has 0 aliphatic heterocycles. The first kappa shape index (κ1) is 13.2. The van der Waals surface area contributed by atoms with Crippen molar-refractivity contribution in [3.05, 3.63) is 47.0 Å². The average molecular weight is 268 g/mol. The molecule has 2 unspecified atom stereocenters. The molecular weight excluding hydrogens is 248 g/mol. The lowest BCUT2D eigenvalue weighted by Gasteiger charge is -2.28. The highest BCUT2D eigenvalue weighted by atomic mass is 15.1. The van der Waals surface area contributed by atoms with Gasteiger partial charge in [-0.2, -0.15) is 20.4 Å². The third-order valence-corrected chi connectivity index (χ3v) is 4.15. The van der Waals surface area contributed by atoms with Crippen LogP contribution < -0.4 is 0 Å². The number of aromatic nitrogens is 4. The number of hydrogen-bond donors (Lipinski definition) is 0. The Kier molecular flexibility index (Phi) is 3.72. The van der Waals surface area contributed by atoms with Crippen molar-refractivity contribution in [2.75, 3.05) is 0 Å². The molecule has 0 spiro atoms. The molecule has 0 amide bonds. The van der Waals surface area contributed by atoms with Crippen LogP contribution in [-0.4, -0.2) is 20.4 Å². The van der Waals surface area contributed by atoms with Crippen LogP contribution in [0.15, 0.2) is 24.3 Å². The summed E-state index contributed by atoms with van der Waals surface area (Å²) < 4.78 is 0. The topological polar surface area (TPSA) is 51.6 Å². The smallest absolute Gasteiger partial charge is 0.0662 e. The fourth-order valence-electron chi connectivity index (χ4n) is 2.98. The summed E-state index contributed by atoms with van der Waals surface area (Å²) in [5.74, 6) is 1.01. The van der Waals surface area contributed by atoms with Crippen LogP contribution in [0.2, 0.25) is 0 Å². The monoisotopic (exact) mass is 268 g/mol. The highest BCUT2D eigenvalue weighted by molar-refractivity contribution is 5.16. The molecule has 2 aromatic heterocycles. The Bertz CT molecular complexity index is 511. The molecule has 0 saturated heterocycles. The van der Waals surface area contributed by atoms with E-state index in [4.69, 9.17) is 0 Å².